The summed E-state index contributed by atoms with van der Waals surface area (Å²) in [6, 6.07) is 19.6. The summed E-state index contributed by atoms with van der Waals surface area (Å²) >= 11 is 0. The first kappa shape index (κ1) is 25.1. The van der Waals surface area contributed by atoms with E-state index in [1.165, 1.54) is 18.2 Å². The van der Waals surface area contributed by atoms with Crippen molar-refractivity contribution in [3.8, 4) is 17.7 Å². The molecule has 3 aromatic rings. The van der Waals surface area contributed by atoms with Gasteiger partial charge < -0.3 is 24.6 Å². The van der Waals surface area contributed by atoms with Crippen molar-refractivity contribution < 1.29 is 28.5 Å². The highest BCUT2D eigenvalue weighted by Crippen LogP contribution is 2.69. The summed E-state index contributed by atoms with van der Waals surface area (Å²) in [4.78, 5) is 5.71. The number of rotatable bonds is 7. The van der Waals surface area contributed by atoms with Gasteiger partial charge in [0.2, 0.25) is 5.88 Å². The molecule has 1 aliphatic heterocycles. The van der Waals surface area contributed by atoms with Crippen molar-refractivity contribution >= 4 is 0 Å². The molecule has 2 N–H and O–H groups in total. The SMILES string of the molecule is COc1nccc2c1C1(O)C(O)C(CN(C)CC(F)F)C(c3ccccc3)C1(c1ccc(C#N)cc1)O2. The van der Waals surface area contributed by atoms with E-state index in [0.717, 1.165) is 5.56 Å². The summed E-state index contributed by atoms with van der Waals surface area (Å²) in [5.74, 6) is -0.982. The lowest BCUT2D eigenvalue weighted by Crippen LogP contribution is -2.52. The van der Waals surface area contributed by atoms with E-state index in [-0.39, 0.29) is 18.0 Å². The third kappa shape index (κ3) is 3.67. The summed E-state index contributed by atoms with van der Waals surface area (Å²) in [6.07, 6.45) is -2.50. The van der Waals surface area contributed by atoms with Gasteiger partial charge in [-0.25, -0.2) is 13.8 Å². The number of methoxy groups -OCH3 is 1. The molecular weight excluding hydrogens is 480 g/mol. The smallest absolute Gasteiger partial charge is 0.251 e. The number of alkyl halides is 2. The van der Waals surface area contributed by atoms with Crippen LogP contribution in [0.3, 0.4) is 0 Å². The minimum Gasteiger partial charge on any atom is -0.481 e. The highest BCUT2D eigenvalue weighted by molar-refractivity contribution is 5.58. The second-order valence-electron chi connectivity index (χ2n) is 9.60. The molecule has 5 atom stereocenters. The first-order valence-corrected chi connectivity index (χ1v) is 11.9. The molecule has 0 spiro atoms. The third-order valence-electron chi connectivity index (χ3n) is 7.56. The van der Waals surface area contributed by atoms with Crippen molar-refractivity contribution in [2.45, 2.75) is 29.6 Å². The predicted octanol–water partition coefficient (Wildman–Crippen LogP) is 3.41. The first-order valence-electron chi connectivity index (χ1n) is 11.9. The van der Waals surface area contributed by atoms with Crippen LogP contribution < -0.4 is 9.47 Å². The van der Waals surface area contributed by atoms with Crippen molar-refractivity contribution in [2.75, 3.05) is 27.2 Å². The fourth-order valence-electron chi connectivity index (χ4n) is 6.18. The molecule has 0 saturated heterocycles. The van der Waals surface area contributed by atoms with Gasteiger partial charge in [-0.05, 0) is 36.4 Å². The van der Waals surface area contributed by atoms with Crippen molar-refractivity contribution in [1.82, 2.24) is 9.88 Å². The Morgan fingerprint density at radius 3 is 2.49 bits per heavy atom. The number of aromatic nitrogens is 1. The van der Waals surface area contributed by atoms with E-state index in [4.69, 9.17) is 9.47 Å². The first-order chi connectivity index (χ1) is 17.8. The van der Waals surface area contributed by atoms with Crippen LogP contribution in [0.15, 0.2) is 66.9 Å². The van der Waals surface area contributed by atoms with Crippen LogP contribution in [0.25, 0.3) is 0 Å². The molecule has 1 saturated carbocycles. The van der Waals surface area contributed by atoms with Crippen molar-refractivity contribution in [3.05, 3.63) is 89.1 Å². The summed E-state index contributed by atoms with van der Waals surface area (Å²) in [5.41, 5.74) is -1.71. The zero-order chi connectivity index (χ0) is 26.4. The number of aliphatic hydroxyl groups is 2. The maximum absolute atomic E-state index is 13.3. The molecule has 7 nitrogen and oxygen atoms in total. The monoisotopic (exact) mass is 507 g/mol. The predicted molar refractivity (Wildman–Crippen MR) is 130 cm³/mol. The zero-order valence-corrected chi connectivity index (χ0v) is 20.4. The molecule has 2 aliphatic rings. The second kappa shape index (κ2) is 9.38. The number of nitriles is 1. The van der Waals surface area contributed by atoms with Crippen LogP contribution >= 0.6 is 0 Å². The van der Waals surface area contributed by atoms with E-state index >= 15 is 0 Å². The molecule has 0 radical (unpaired) electrons. The van der Waals surface area contributed by atoms with E-state index in [9.17, 15) is 24.3 Å². The van der Waals surface area contributed by atoms with Crippen molar-refractivity contribution in [3.63, 3.8) is 0 Å². The Bertz CT molecular complexity index is 1320. The minimum atomic E-state index is -2.56. The Hall–Kier alpha value is -3.58. The summed E-state index contributed by atoms with van der Waals surface area (Å²) in [7, 11) is 2.97. The number of nitrogens with zero attached hydrogens (tertiary/aromatic N) is 3. The number of ether oxygens (including phenoxy) is 2. The number of fused-ring (bicyclic) bond motifs is 3. The van der Waals surface area contributed by atoms with Crippen LogP contribution in [0.1, 0.15) is 28.2 Å². The van der Waals surface area contributed by atoms with Gasteiger partial charge in [-0.2, -0.15) is 5.26 Å². The van der Waals surface area contributed by atoms with Gasteiger partial charge in [-0.3, -0.25) is 0 Å². The second-order valence-corrected chi connectivity index (χ2v) is 9.60. The van der Waals surface area contributed by atoms with E-state index in [1.54, 1.807) is 37.4 Å². The highest BCUT2D eigenvalue weighted by atomic mass is 19.3. The molecule has 37 heavy (non-hydrogen) atoms. The number of halogens is 2. The largest absolute Gasteiger partial charge is 0.481 e. The summed E-state index contributed by atoms with van der Waals surface area (Å²) in [6.45, 7) is -0.429. The standard InChI is InChI=1S/C28H27F2N3O4/c1-33(16-22(29)30)15-20-23(18-6-4-3-5-7-18)28(19-10-8-17(14-31)9-11-19)27(35,25(20)34)24-21(37-28)12-13-32-26(24)36-2/h3-13,20,22-23,25,34-35H,15-16H2,1-2H3. The fraction of sp³-hybridized carbons (Fsp3) is 0.357. The lowest BCUT2D eigenvalue weighted by atomic mass is 9.70. The van der Waals surface area contributed by atoms with Crippen LogP contribution in [-0.4, -0.2) is 59.9 Å². The number of hydrogen-bond acceptors (Lipinski definition) is 7. The highest BCUT2D eigenvalue weighted by Gasteiger charge is 2.76. The third-order valence-corrected chi connectivity index (χ3v) is 7.56. The van der Waals surface area contributed by atoms with Gasteiger partial charge in [0.05, 0.1) is 37.0 Å². The number of hydrogen-bond donors (Lipinski definition) is 2. The number of pyridine rings is 1. The lowest BCUT2D eigenvalue weighted by Gasteiger charge is -2.41. The Kier molecular flexibility index (Phi) is 6.36. The average Bonchev–Trinajstić information content (AvgIpc) is 3.27. The molecule has 0 amide bonds. The number of benzene rings is 2. The Morgan fingerprint density at radius 1 is 1.16 bits per heavy atom. The Balaban J connectivity index is 1.79. The van der Waals surface area contributed by atoms with Crippen LogP contribution in [0.2, 0.25) is 0 Å². The van der Waals surface area contributed by atoms with Gasteiger partial charge in [0.15, 0.2) is 11.2 Å². The molecule has 9 heteroatoms. The van der Waals surface area contributed by atoms with Crippen molar-refractivity contribution in [2.24, 2.45) is 5.92 Å². The molecular formula is C28H27F2N3O4. The van der Waals surface area contributed by atoms with Crippen LogP contribution in [0, 0.1) is 17.2 Å². The van der Waals surface area contributed by atoms with Gasteiger partial charge in [-0.15, -0.1) is 0 Å². The lowest BCUT2D eigenvalue weighted by molar-refractivity contribution is -0.152. The maximum Gasteiger partial charge on any atom is 0.251 e. The van der Waals surface area contributed by atoms with E-state index < -0.39 is 42.1 Å². The van der Waals surface area contributed by atoms with Crippen LogP contribution in [0.4, 0.5) is 8.78 Å². The van der Waals surface area contributed by atoms with Gasteiger partial charge in [0, 0.05) is 24.6 Å². The van der Waals surface area contributed by atoms with E-state index in [2.05, 4.69) is 11.1 Å². The maximum atomic E-state index is 13.3. The summed E-state index contributed by atoms with van der Waals surface area (Å²) < 4.78 is 38.7. The quantitative estimate of drug-likeness (QED) is 0.506. The van der Waals surface area contributed by atoms with E-state index in [1.807, 2.05) is 30.3 Å². The number of aliphatic hydroxyl groups excluding tert-OH is 1. The topological polar surface area (TPSA) is 98.8 Å². The molecule has 2 heterocycles. The van der Waals surface area contributed by atoms with Crippen LogP contribution in [-0.2, 0) is 11.2 Å². The normalized spacial score (nSPS) is 28.0. The molecule has 2 aromatic carbocycles. The van der Waals surface area contributed by atoms with Crippen molar-refractivity contribution in [1.29, 1.82) is 5.26 Å². The van der Waals surface area contributed by atoms with Gasteiger partial charge >= 0.3 is 0 Å². The zero-order valence-electron chi connectivity index (χ0n) is 20.4. The average molecular weight is 508 g/mol. The fourth-order valence-corrected chi connectivity index (χ4v) is 6.18. The minimum absolute atomic E-state index is 0.0622. The molecule has 0 bridgehead atoms. The molecule has 192 valence electrons. The summed E-state index contributed by atoms with van der Waals surface area (Å²) in [5, 5.41) is 34.0. The Labute approximate surface area is 213 Å². The molecule has 1 aliphatic carbocycles. The molecule has 1 fully saturated rings. The van der Waals surface area contributed by atoms with Crippen LogP contribution in [0.5, 0.6) is 11.6 Å². The Morgan fingerprint density at radius 2 is 1.86 bits per heavy atom. The van der Waals surface area contributed by atoms with Gasteiger partial charge in [0.1, 0.15) is 5.75 Å². The van der Waals surface area contributed by atoms with Gasteiger partial charge in [0.25, 0.3) is 6.43 Å². The molecule has 1 aromatic heterocycles. The molecule has 5 rings (SSSR count). The molecule has 5 unspecified atom stereocenters. The van der Waals surface area contributed by atoms with Gasteiger partial charge in [-0.1, -0.05) is 42.5 Å². The van der Waals surface area contributed by atoms with E-state index in [0.29, 0.717) is 16.9 Å².